The predicted octanol–water partition coefficient (Wildman–Crippen LogP) is 5.76. The highest BCUT2D eigenvalue weighted by molar-refractivity contribution is 6.35. The van der Waals surface area contributed by atoms with Gasteiger partial charge in [-0.3, -0.25) is 9.69 Å². The van der Waals surface area contributed by atoms with Crippen molar-refractivity contribution >= 4 is 41.0 Å². The fourth-order valence-electron chi connectivity index (χ4n) is 5.38. The summed E-state index contributed by atoms with van der Waals surface area (Å²) in [7, 11) is 0. The van der Waals surface area contributed by atoms with Crippen LogP contribution in [0.4, 0.5) is 23.8 Å². The molecule has 2 aliphatic rings. The van der Waals surface area contributed by atoms with E-state index in [9.17, 15) is 22.8 Å². The molecule has 0 atom stereocenters. The Morgan fingerprint density at radius 3 is 2.24 bits per heavy atom. The number of carbonyl (C=O) groups is 2. The van der Waals surface area contributed by atoms with E-state index >= 15 is 0 Å². The highest BCUT2D eigenvalue weighted by Crippen LogP contribution is 2.31. The van der Waals surface area contributed by atoms with Crippen LogP contribution in [0.1, 0.15) is 18.4 Å². The van der Waals surface area contributed by atoms with Crippen LogP contribution in [-0.2, 0) is 16.1 Å². The number of likely N-dealkylation sites (tertiary alicyclic amines) is 1. The molecule has 2 N–H and O–H groups in total. The molecule has 240 valence electrons. The molecule has 5 rings (SSSR count). The molecule has 4 heterocycles. The number of rotatable bonds is 8. The van der Waals surface area contributed by atoms with Gasteiger partial charge in [0.1, 0.15) is 11.6 Å². The number of halogens is 5. The second-order valence-corrected chi connectivity index (χ2v) is 11.8. The normalized spacial score (nSPS) is 16.5. The number of hydrogen-bond acceptors (Lipinski definition) is 8. The van der Waals surface area contributed by atoms with E-state index < -0.39 is 18.2 Å². The van der Waals surface area contributed by atoms with Crippen molar-refractivity contribution in [1.29, 1.82) is 0 Å². The molecule has 0 bridgehead atoms. The maximum atomic E-state index is 12.8. The first-order valence-electron chi connectivity index (χ1n) is 14.3. The minimum atomic E-state index is -4.89. The van der Waals surface area contributed by atoms with Gasteiger partial charge < -0.3 is 25.0 Å². The minimum absolute atomic E-state index is 0.0515. The summed E-state index contributed by atoms with van der Waals surface area (Å²) in [6, 6.07) is 12.4. The molecule has 0 saturated carbocycles. The molecular weight excluding hydrogens is 636 g/mol. The molecule has 10 nitrogen and oxygen atoms in total. The molecule has 3 aromatic rings. The van der Waals surface area contributed by atoms with Gasteiger partial charge in [0.15, 0.2) is 0 Å². The molecule has 2 amide bonds. The zero-order valence-corrected chi connectivity index (χ0v) is 25.6. The molecule has 2 saturated heterocycles. The van der Waals surface area contributed by atoms with Crippen molar-refractivity contribution in [3.63, 3.8) is 0 Å². The standard InChI is InChI=1S/C30H31Cl2F3N6O4/c31-22-13-21(14-23(32)15-22)25-11-20(17-39-5-3-19(4-6-39)18-44-29(36)43)12-27(38-25)45-24-1-2-26(37-16-24)40-7-9-41(10-8-40)28(42)30(33,34)35/h1-2,11-16,19H,3-10,17-18H2,(H2,36,43). The average molecular weight is 668 g/mol. The van der Waals surface area contributed by atoms with Crippen molar-refractivity contribution in [3.05, 3.63) is 64.3 Å². The largest absolute Gasteiger partial charge is 0.471 e. The van der Waals surface area contributed by atoms with Gasteiger partial charge in [0.25, 0.3) is 0 Å². The van der Waals surface area contributed by atoms with Gasteiger partial charge >= 0.3 is 18.2 Å². The summed E-state index contributed by atoms with van der Waals surface area (Å²) in [4.78, 5) is 36.5. The number of benzene rings is 1. The van der Waals surface area contributed by atoms with E-state index in [1.807, 2.05) is 17.0 Å². The van der Waals surface area contributed by atoms with E-state index in [0.29, 0.717) is 46.3 Å². The zero-order chi connectivity index (χ0) is 32.1. The maximum Gasteiger partial charge on any atom is 0.471 e. The lowest BCUT2D eigenvalue weighted by molar-refractivity contribution is -0.185. The Labute approximate surface area is 267 Å². The molecule has 45 heavy (non-hydrogen) atoms. The number of aromatic nitrogens is 2. The van der Waals surface area contributed by atoms with Gasteiger partial charge in [-0.25, -0.2) is 14.8 Å². The van der Waals surface area contributed by atoms with Crippen LogP contribution in [0, 0.1) is 5.92 Å². The first-order chi connectivity index (χ1) is 21.4. The molecular formula is C30H31Cl2F3N6O4. The van der Waals surface area contributed by atoms with Gasteiger partial charge in [-0.15, -0.1) is 0 Å². The van der Waals surface area contributed by atoms with Crippen molar-refractivity contribution in [3.8, 4) is 22.9 Å². The number of hydrogen-bond donors (Lipinski definition) is 1. The smallest absolute Gasteiger partial charge is 0.449 e. The highest BCUT2D eigenvalue weighted by atomic mass is 35.5. The van der Waals surface area contributed by atoms with Gasteiger partial charge in [0.05, 0.1) is 18.5 Å². The maximum absolute atomic E-state index is 12.8. The quantitative estimate of drug-likeness (QED) is 0.323. The van der Waals surface area contributed by atoms with Crippen LogP contribution in [0.25, 0.3) is 11.3 Å². The van der Waals surface area contributed by atoms with Crippen LogP contribution in [0.2, 0.25) is 10.0 Å². The third kappa shape index (κ3) is 8.89. The third-order valence-corrected chi connectivity index (χ3v) is 8.11. The van der Waals surface area contributed by atoms with E-state index in [2.05, 4.69) is 9.88 Å². The fourth-order valence-corrected chi connectivity index (χ4v) is 5.91. The molecule has 2 aliphatic heterocycles. The van der Waals surface area contributed by atoms with Gasteiger partial charge in [0.2, 0.25) is 5.88 Å². The number of pyridine rings is 2. The predicted molar refractivity (Wildman–Crippen MR) is 162 cm³/mol. The van der Waals surface area contributed by atoms with Gasteiger partial charge in [-0.1, -0.05) is 23.2 Å². The SMILES string of the molecule is NC(=O)OCC1CCN(Cc2cc(Oc3ccc(N4CCN(C(=O)C(F)(F)F)CC4)nc3)nc(-c3cc(Cl)cc(Cl)c3)c2)CC1. The summed E-state index contributed by atoms with van der Waals surface area (Å²) in [6.07, 6.45) is -2.40. The van der Waals surface area contributed by atoms with Crippen LogP contribution < -0.4 is 15.4 Å². The molecule has 0 spiro atoms. The summed E-state index contributed by atoms with van der Waals surface area (Å²) in [5.74, 6) is -0.262. The third-order valence-electron chi connectivity index (χ3n) is 7.67. The minimum Gasteiger partial charge on any atom is -0.449 e. The number of piperidine rings is 1. The van der Waals surface area contributed by atoms with E-state index in [1.54, 1.807) is 30.3 Å². The first kappa shape index (κ1) is 32.6. The van der Waals surface area contributed by atoms with Crippen molar-refractivity contribution in [1.82, 2.24) is 19.8 Å². The topological polar surface area (TPSA) is 114 Å². The van der Waals surface area contributed by atoms with Crippen LogP contribution in [0.15, 0.2) is 48.7 Å². The van der Waals surface area contributed by atoms with E-state index in [1.165, 1.54) is 6.20 Å². The Kier molecular flexibility index (Phi) is 10.2. The number of carbonyl (C=O) groups excluding carboxylic acids is 2. The monoisotopic (exact) mass is 666 g/mol. The number of anilines is 1. The van der Waals surface area contributed by atoms with E-state index in [4.69, 9.17) is 43.4 Å². The summed E-state index contributed by atoms with van der Waals surface area (Å²) < 4.78 is 49.4. The Morgan fingerprint density at radius 2 is 1.64 bits per heavy atom. The molecule has 0 unspecified atom stereocenters. The lowest BCUT2D eigenvalue weighted by Crippen LogP contribution is -2.52. The van der Waals surface area contributed by atoms with Crippen molar-refractivity contribution in [2.24, 2.45) is 11.7 Å². The van der Waals surface area contributed by atoms with Gasteiger partial charge in [0, 0.05) is 54.4 Å². The van der Waals surface area contributed by atoms with Crippen LogP contribution >= 0.6 is 23.2 Å². The van der Waals surface area contributed by atoms with Crippen LogP contribution in [0.5, 0.6) is 11.6 Å². The first-order valence-corrected chi connectivity index (χ1v) is 15.1. The lowest BCUT2D eigenvalue weighted by atomic mass is 9.97. The Bertz CT molecular complexity index is 1490. The fraction of sp³-hybridized carbons (Fsp3) is 0.400. The molecule has 2 fully saturated rings. The van der Waals surface area contributed by atoms with E-state index in [0.717, 1.165) is 42.0 Å². The lowest BCUT2D eigenvalue weighted by Gasteiger charge is -2.35. The highest BCUT2D eigenvalue weighted by Gasteiger charge is 2.43. The summed E-state index contributed by atoms with van der Waals surface area (Å²) in [6.45, 7) is 2.91. The number of ether oxygens (including phenoxy) is 2. The summed E-state index contributed by atoms with van der Waals surface area (Å²) >= 11 is 12.5. The Hall–Kier alpha value is -3.81. The summed E-state index contributed by atoms with van der Waals surface area (Å²) in [5.41, 5.74) is 7.39. The molecule has 0 radical (unpaired) electrons. The number of nitrogens with two attached hydrogens (primary N) is 1. The van der Waals surface area contributed by atoms with Crippen LogP contribution in [0.3, 0.4) is 0 Å². The van der Waals surface area contributed by atoms with Crippen molar-refractivity contribution in [2.75, 3.05) is 50.8 Å². The van der Waals surface area contributed by atoms with Crippen LogP contribution in [-0.4, -0.2) is 83.8 Å². The number of primary amides is 1. The second-order valence-electron chi connectivity index (χ2n) is 10.9. The molecule has 15 heteroatoms. The molecule has 0 aliphatic carbocycles. The molecule has 2 aromatic heterocycles. The number of amides is 2. The zero-order valence-electron chi connectivity index (χ0n) is 24.1. The Balaban J connectivity index is 1.28. The van der Waals surface area contributed by atoms with E-state index in [-0.39, 0.29) is 32.1 Å². The van der Waals surface area contributed by atoms with Gasteiger partial charge in [-0.2, -0.15) is 13.2 Å². The second kappa shape index (κ2) is 14.1. The van der Waals surface area contributed by atoms with Gasteiger partial charge in [-0.05, 0) is 73.8 Å². The number of piperazine rings is 1. The average Bonchev–Trinajstić information content (AvgIpc) is 3.00. The van der Waals surface area contributed by atoms with Crippen molar-refractivity contribution in [2.45, 2.75) is 25.6 Å². The Morgan fingerprint density at radius 1 is 0.956 bits per heavy atom. The molecule has 1 aromatic carbocycles. The number of nitrogens with zero attached hydrogens (tertiary/aromatic N) is 5. The summed E-state index contributed by atoms with van der Waals surface area (Å²) in [5, 5.41) is 0.937. The number of alkyl halides is 3. The van der Waals surface area contributed by atoms with Crippen molar-refractivity contribution < 1.29 is 32.2 Å².